The molecule has 2 N–H and O–H groups in total. The van der Waals surface area contributed by atoms with Crippen molar-refractivity contribution in [3.63, 3.8) is 0 Å². The van der Waals surface area contributed by atoms with Gasteiger partial charge in [0.25, 0.3) is 0 Å². The molecule has 0 fully saturated rings. The van der Waals surface area contributed by atoms with E-state index >= 15 is 0 Å². The van der Waals surface area contributed by atoms with Gasteiger partial charge in [0.2, 0.25) is 0 Å². The molecule has 21 heavy (non-hydrogen) atoms. The molecule has 2 aliphatic rings. The molecule has 2 heterocycles. The molecule has 1 aliphatic carbocycles. The SMILES string of the molecule is Brc1cc2c(c(CN[C@H]3CCc4[nH]ncc4C3)c1)OCC2. The number of H-pyrrole nitrogens is 1. The number of rotatable bonds is 3. The molecule has 1 aromatic carbocycles. The summed E-state index contributed by atoms with van der Waals surface area (Å²) < 4.78 is 6.94. The number of halogens is 1. The lowest BCUT2D eigenvalue weighted by Crippen LogP contribution is -2.34. The Morgan fingerprint density at radius 1 is 1.33 bits per heavy atom. The molecule has 4 nitrogen and oxygen atoms in total. The van der Waals surface area contributed by atoms with Gasteiger partial charge in [0.1, 0.15) is 5.75 Å². The van der Waals surface area contributed by atoms with E-state index in [0.717, 1.165) is 49.1 Å². The van der Waals surface area contributed by atoms with Crippen LogP contribution in [-0.4, -0.2) is 22.8 Å². The maximum atomic E-state index is 5.79. The Morgan fingerprint density at radius 3 is 3.24 bits per heavy atom. The summed E-state index contributed by atoms with van der Waals surface area (Å²) in [6.45, 7) is 1.67. The molecule has 1 atom stereocenters. The van der Waals surface area contributed by atoms with Crippen LogP contribution in [0.3, 0.4) is 0 Å². The second-order valence-electron chi connectivity index (χ2n) is 5.85. The highest BCUT2D eigenvalue weighted by Gasteiger charge is 2.21. The van der Waals surface area contributed by atoms with Crippen molar-refractivity contribution in [2.75, 3.05) is 6.61 Å². The van der Waals surface area contributed by atoms with Crippen molar-refractivity contribution in [2.45, 2.75) is 38.3 Å². The maximum Gasteiger partial charge on any atom is 0.127 e. The van der Waals surface area contributed by atoms with Crippen LogP contribution in [0.25, 0.3) is 0 Å². The zero-order chi connectivity index (χ0) is 14.2. The van der Waals surface area contributed by atoms with Gasteiger partial charge in [-0.2, -0.15) is 5.10 Å². The van der Waals surface area contributed by atoms with Crippen molar-refractivity contribution >= 4 is 15.9 Å². The second kappa shape index (κ2) is 5.46. The van der Waals surface area contributed by atoms with E-state index in [1.54, 1.807) is 0 Å². The topological polar surface area (TPSA) is 49.9 Å². The average Bonchev–Trinajstić information content (AvgIpc) is 3.12. The highest BCUT2D eigenvalue weighted by molar-refractivity contribution is 9.10. The Morgan fingerprint density at radius 2 is 2.29 bits per heavy atom. The Balaban J connectivity index is 1.46. The van der Waals surface area contributed by atoms with Crippen molar-refractivity contribution < 1.29 is 4.74 Å². The molecule has 5 heteroatoms. The van der Waals surface area contributed by atoms with E-state index < -0.39 is 0 Å². The largest absolute Gasteiger partial charge is 0.493 e. The van der Waals surface area contributed by atoms with Crippen LogP contribution in [0.1, 0.15) is 28.8 Å². The van der Waals surface area contributed by atoms with E-state index in [2.05, 4.69) is 43.6 Å². The number of fused-ring (bicyclic) bond motifs is 2. The third kappa shape index (κ3) is 2.60. The first kappa shape index (κ1) is 13.3. The minimum absolute atomic E-state index is 0.520. The van der Waals surface area contributed by atoms with E-state index in [-0.39, 0.29) is 0 Å². The van der Waals surface area contributed by atoms with Gasteiger partial charge in [-0.1, -0.05) is 15.9 Å². The van der Waals surface area contributed by atoms with Crippen LogP contribution in [0.5, 0.6) is 5.75 Å². The molecule has 0 saturated heterocycles. The van der Waals surface area contributed by atoms with Crippen LogP contribution in [0, 0.1) is 0 Å². The van der Waals surface area contributed by atoms with Gasteiger partial charge in [-0.3, -0.25) is 5.10 Å². The molecule has 4 rings (SSSR count). The summed E-state index contributed by atoms with van der Waals surface area (Å²) in [5.41, 5.74) is 5.24. The Kier molecular flexibility index (Phi) is 3.47. The molecule has 0 bridgehead atoms. The van der Waals surface area contributed by atoms with E-state index in [9.17, 15) is 0 Å². The summed E-state index contributed by atoms with van der Waals surface area (Å²) in [6.07, 6.45) is 6.28. The van der Waals surface area contributed by atoms with Gasteiger partial charge in [-0.05, 0) is 42.5 Å². The number of nitrogens with one attached hydrogen (secondary N) is 2. The van der Waals surface area contributed by atoms with Gasteiger partial charge >= 0.3 is 0 Å². The van der Waals surface area contributed by atoms with Gasteiger partial charge < -0.3 is 10.1 Å². The standard InChI is InChI=1S/C16H18BrN3O/c17-13-5-10-3-4-21-16(10)12(6-13)8-18-14-1-2-15-11(7-14)9-19-20-15/h5-6,9,14,18H,1-4,7-8H2,(H,19,20)/t14-/m0/s1. The zero-order valence-electron chi connectivity index (χ0n) is 11.8. The van der Waals surface area contributed by atoms with Crippen molar-refractivity contribution in [3.8, 4) is 5.75 Å². The first-order valence-electron chi connectivity index (χ1n) is 7.48. The molecule has 0 amide bonds. The number of aryl methyl sites for hydroxylation is 1. The number of aromatic amines is 1. The van der Waals surface area contributed by atoms with Crippen molar-refractivity contribution in [3.05, 3.63) is 45.2 Å². The Bertz CT molecular complexity index is 668. The highest BCUT2D eigenvalue weighted by atomic mass is 79.9. The number of hydrogen-bond donors (Lipinski definition) is 2. The lowest BCUT2D eigenvalue weighted by Gasteiger charge is -2.23. The summed E-state index contributed by atoms with van der Waals surface area (Å²) in [4.78, 5) is 0. The van der Waals surface area contributed by atoms with Crippen LogP contribution in [0.4, 0.5) is 0 Å². The van der Waals surface area contributed by atoms with Crippen molar-refractivity contribution in [2.24, 2.45) is 0 Å². The van der Waals surface area contributed by atoms with Crippen LogP contribution < -0.4 is 10.1 Å². The van der Waals surface area contributed by atoms with Gasteiger partial charge in [0, 0.05) is 34.7 Å². The third-order valence-corrected chi connectivity index (χ3v) is 4.88. The summed E-state index contributed by atoms with van der Waals surface area (Å²) in [6, 6.07) is 4.86. The highest BCUT2D eigenvalue weighted by Crippen LogP contribution is 2.33. The van der Waals surface area contributed by atoms with Crippen LogP contribution in [0.15, 0.2) is 22.8 Å². The Hall–Kier alpha value is -1.33. The van der Waals surface area contributed by atoms with E-state index in [0.29, 0.717) is 6.04 Å². The van der Waals surface area contributed by atoms with E-state index in [1.165, 1.54) is 22.4 Å². The van der Waals surface area contributed by atoms with Crippen LogP contribution in [0.2, 0.25) is 0 Å². The smallest absolute Gasteiger partial charge is 0.127 e. The van der Waals surface area contributed by atoms with E-state index in [4.69, 9.17) is 4.74 Å². The first-order chi connectivity index (χ1) is 10.3. The molecule has 1 aromatic heterocycles. The van der Waals surface area contributed by atoms with Crippen molar-refractivity contribution in [1.29, 1.82) is 0 Å². The number of benzene rings is 1. The number of hydrogen-bond acceptors (Lipinski definition) is 3. The average molecular weight is 348 g/mol. The predicted molar refractivity (Wildman–Crippen MR) is 84.6 cm³/mol. The lowest BCUT2D eigenvalue weighted by molar-refractivity contribution is 0.350. The molecular weight excluding hydrogens is 330 g/mol. The maximum absolute atomic E-state index is 5.79. The first-order valence-corrected chi connectivity index (χ1v) is 8.27. The predicted octanol–water partition coefficient (Wildman–Crippen LogP) is 2.75. The quantitative estimate of drug-likeness (QED) is 0.897. The fourth-order valence-corrected chi connectivity index (χ4v) is 3.87. The molecular formula is C16H18BrN3O. The number of ether oxygens (including phenoxy) is 1. The molecule has 0 radical (unpaired) electrons. The molecule has 2 aromatic rings. The zero-order valence-corrected chi connectivity index (χ0v) is 13.4. The van der Waals surface area contributed by atoms with Gasteiger partial charge in [-0.15, -0.1) is 0 Å². The van der Waals surface area contributed by atoms with Crippen molar-refractivity contribution in [1.82, 2.24) is 15.5 Å². The lowest BCUT2D eigenvalue weighted by atomic mass is 9.93. The van der Waals surface area contributed by atoms with Gasteiger partial charge in [-0.25, -0.2) is 0 Å². The second-order valence-corrected chi connectivity index (χ2v) is 6.76. The number of aromatic nitrogens is 2. The minimum Gasteiger partial charge on any atom is -0.493 e. The third-order valence-electron chi connectivity index (χ3n) is 4.42. The molecule has 0 unspecified atom stereocenters. The van der Waals surface area contributed by atoms with Gasteiger partial charge in [0.05, 0.1) is 12.8 Å². The minimum atomic E-state index is 0.520. The normalized spacial score (nSPS) is 20.0. The summed E-state index contributed by atoms with van der Waals surface area (Å²) in [5, 5.41) is 10.9. The molecule has 110 valence electrons. The summed E-state index contributed by atoms with van der Waals surface area (Å²) in [5.74, 6) is 1.09. The summed E-state index contributed by atoms with van der Waals surface area (Å²) in [7, 11) is 0. The molecule has 1 aliphatic heterocycles. The fraction of sp³-hybridized carbons (Fsp3) is 0.438. The van der Waals surface area contributed by atoms with Gasteiger partial charge in [0.15, 0.2) is 0 Å². The van der Waals surface area contributed by atoms with Crippen LogP contribution >= 0.6 is 15.9 Å². The monoisotopic (exact) mass is 347 g/mol. The Labute approximate surface area is 132 Å². The fourth-order valence-electron chi connectivity index (χ4n) is 3.32. The molecule has 0 saturated carbocycles. The molecule has 0 spiro atoms. The number of nitrogens with zero attached hydrogens (tertiary/aromatic N) is 1. The van der Waals surface area contributed by atoms with E-state index in [1.807, 2.05) is 6.20 Å². The summed E-state index contributed by atoms with van der Waals surface area (Å²) >= 11 is 3.60. The van der Waals surface area contributed by atoms with Crippen LogP contribution in [-0.2, 0) is 25.8 Å².